The van der Waals surface area contributed by atoms with E-state index in [0.29, 0.717) is 5.92 Å². The summed E-state index contributed by atoms with van der Waals surface area (Å²) in [5.41, 5.74) is 3.30. The van der Waals surface area contributed by atoms with Crippen LogP contribution in [0.25, 0.3) is 10.9 Å². The molecule has 28 heavy (non-hydrogen) atoms. The second kappa shape index (κ2) is 7.36. The fourth-order valence-electron chi connectivity index (χ4n) is 3.97. The topological polar surface area (TPSA) is 54.3 Å². The van der Waals surface area contributed by atoms with Gasteiger partial charge in [-0.25, -0.2) is 4.98 Å². The van der Waals surface area contributed by atoms with E-state index >= 15 is 0 Å². The molecule has 3 aromatic rings. The van der Waals surface area contributed by atoms with Crippen molar-refractivity contribution in [3.63, 3.8) is 0 Å². The third-order valence-corrected chi connectivity index (χ3v) is 5.83. The Morgan fingerprint density at radius 1 is 1.07 bits per heavy atom. The molecule has 0 spiro atoms. The van der Waals surface area contributed by atoms with Gasteiger partial charge in [-0.15, -0.1) is 0 Å². The molecule has 6 nitrogen and oxygen atoms in total. The highest BCUT2D eigenvalue weighted by Crippen LogP contribution is 2.30. The first-order chi connectivity index (χ1) is 13.8. The lowest BCUT2D eigenvalue weighted by Crippen LogP contribution is -2.46. The number of benzene rings is 1. The van der Waals surface area contributed by atoms with Gasteiger partial charge in [-0.3, -0.25) is 19.2 Å². The molecule has 1 aliphatic carbocycles. The monoisotopic (exact) mass is 375 g/mol. The molecule has 0 radical (unpaired) electrons. The fourth-order valence-corrected chi connectivity index (χ4v) is 3.97. The minimum Gasteiger partial charge on any atom is -0.369 e. The number of fused-ring (bicyclic) bond motifs is 1. The zero-order valence-electron chi connectivity index (χ0n) is 16.0. The first-order valence-electron chi connectivity index (χ1n) is 10.1. The van der Waals surface area contributed by atoms with Crippen LogP contribution in [0.2, 0.25) is 0 Å². The largest absolute Gasteiger partial charge is 0.369 e. The van der Waals surface area contributed by atoms with Crippen LogP contribution in [-0.4, -0.2) is 45.6 Å². The lowest BCUT2D eigenvalue weighted by Gasteiger charge is -2.36. The van der Waals surface area contributed by atoms with Gasteiger partial charge in [-0.2, -0.15) is 0 Å². The molecule has 0 atom stereocenters. The van der Waals surface area contributed by atoms with Crippen LogP contribution >= 0.6 is 0 Å². The van der Waals surface area contributed by atoms with E-state index in [1.807, 2.05) is 24.5 Å². The summed E-state index contributed by atoms with van der Waals surface area (Å²) in [5.74, 6) is 0.666. The van der Waals surface area contributed by atoms with Gasteiger partial charge in [0.05, 0.1) is 17.2 Å². The molecule has 0 N–H and O–H groups in total. The van der Waals surface area contributed by atoms with E-state index in [9.17, 15) is 4.79 Å². The SMILES string of the molecule is O=c1c2ccc(N3CCN(Cc4cccnc4)CC3)cc2ncn1CC1CC1. The average Bonchev–Trinajstić information content (AvgIpc) is 3.55. The Labute approximate surface area is 164 Å². The van der Waals surface area contributed by atoms with E-state index in [1.165, 1.54) is 18.4 Å². The minimum absolute atomic E-state index is 0.0877. The van der Waals surface area contributed by atoms with Gasteiger partial charge in [0.2, 0.25) is 0 Å². The van der Waals surface area contributed by atoms with Crippen molar-refractivity contribution in [3.05, 3.63) is 65.0 Å². The second-order valence-corrected chi connectivity index (χ2v) is 7.97. The van der Waals surface area contributed by atoms with Crippen LogP contribution in [-0.2, 0) is 13.1 Å². The zero-order valence-corrected chi connectivity index (χ0v) is 16.0. The maximum atomic E-state index is 12.7. The summed E-state index contributed by atoms with van der Waals surface area (Å²) in [7, 11) is 0. The van der Waals surface area contributed by atoms with E-state index in [4.69, 9.17) is 0 Å². The normalized spacial score (nSPS) is 17.9. The molecule has 1 saturated carbocycles. The Bertz CT molecular complexity index is 1020. The summed E-state index contributed by atoms with van der Waals surface area (Å²) in [6.07, 6.45) is 7.94. The summed E-state index contributed by atoms with van der Waals surface area (Å²) >= 11 is 0. The van der Waals surface area contributed by atoms with E-state index in [2.05, 4.69) is 38.0 Å². The number of hydrogen-bond donors (Lipinski definition) is 0. The van der Waals surface area contributed by atoms with Crippen molar-refractivity contribution >= 4 is 16.6 Å². The first-order valence-corrected chi connectivity index (χ1v) is 10.1. The third-order valence-electron chi connectivity index (χ3n) is 5.83. The molecule has 0 unspecified atom stereocenters. The van der Waals surface area contributed by atoms with Crippen molar-refractivity contribution in [3.8, 4) is 0 Å². The summed E-state index contributed by atoms with van der Waals surface area (Å²) < 4.78 is 1.77. The van der Waals surface area contributed by atoms with Gasteiger partial charge >= 0.3 is 0 Å². The zero-order chi connectivity index (χ0) is 18.9. The van der Waals surface area contributed by atoms with Crippen LogP contribution < -0.4 is 10.5 Å². The van der Waals surface area contributed by atoms with Crippen molar-refractivity contribution in [2.75, 3.05) is 31.1 Å². The Balaban J connectivity index is 1.28. The Kier molecular flexibility index (Phi) is 4.56. The molecule has 1 aliphatic heterocycles. The third kappa shape index (κ3) is 3.64. The average molecular weight is 375 g/mol. The molecule has 1 saturated heterocycles. The molecule has 2 aliphatic rings. The van der Waals surface area contributed by atoms with Gasteiger partial charge in [0.1, 0.15) is 0 Å². The highest BCUT2D eigenvalue weighted by molar-refractivity contribution is 5.81. The summed E-state index contributed by atoms with van der Waals surface area (Å²) in [6.45, 7) is 5.74. The van der Waals surface area contributed by atoms with Crippen LogP contribution in [0.15, 0.2) is 53.8 Å². The smallest absolute Gasteiger partial charge is 0.261 e. The van der Waals surface area contributed by atoms with Crippen molar-refractivity contribution in [2.45, 2.75) is 25.9 Å². The maximum Gasteiger partial charge on any atom is 0.261 e. The van der Waals surface area contributed by atoms with Gasteiger partial charge in [0.25, 0.3) is 5.56 Å². The number of piperazine rings is 1. The fraction of sp³-hybridized carbons (Fsp3) is 0.409. The molecule has 1 aromatic carbocycles. The number of nitrogens with zero attached hydrogens (tertiary/aromatic N) is 5. The van der Waals surface area contributed by atoms with E-state index < -0.39 is 0 Å². The number of anilines is 1. The minimum atomic E-state index is 0.0877. The van der Waals surface area contributed by atoms with Crippen molar-refractivity contribution in [2.24, 2.45) is 5.92 Å². The lowest BCUT2D eigenvalue weighted by atomic mass is 10.2. The molecule has 144 valence electrons. The Hall–Kier alpha value is -2.73. The Morgan fingerprint density at radius 2 is 1.93 bits per heavy atom. The highest BCUT2D eigenvalue weighted by Gasteiger charge is 2.23. The molecular formula is C22H25N5O. The number of hydrogen-bond acceptors (Lipinski definition) is 5. The van der Waals surface area contributed by atoms with E-state index in [0.717, 1.165) is 55.9 Å². The molecule has 3 heterocycles. The van der Waals surface area contributed by atoms with Crippen LogP contribution in [0.1, 0.15) is 18.4 Å². The second-order valence-electron chi connectivity index (χ2n) is 7.97. The van der Waals surface area contributed by atoms with Crippen LogP contribution in [0.5, 0.6) is 0 Å². The highest BCUT2D eigenvalue weighted by atomic mass is 16.1. The van der Waals surface area contributed by atoms with Crippen LogP contribution in [0.3, 0.4) is 0 Å². The van der Waals surface area contributed by atoms with Crippen molar-refractivity contribution in [1.29, 1.82) is 0 Å². The van der Waals surface area contributed by atoms with Crippen LogP contribution in [0, 0.1) is 5.92 Å². The van der Waals surface area contributed by atoms with E-state index in [1.54, 1.807) is 10.9 Å². The van der Waals surface area contributed by atoms with E-state index in [-0.39, 0.29) is 5.56 Å². The van der Waals surface area contributed by atoms with Gasteiger partial charge in [0.15, 0.2) is 0 Å². The molecule has 0 amide bonds. The summed E-state index contributed by atoms with van der Waals surface area (Å²) in [6, 6.07) is 10.2. The molecule has 5 rings (SSSR count). The number of rotatable bonds is 5. The standard InChI is InChI=1S/C22H25N5O/c28-22-20-6-5-19(12-21(20)24-16-27(22)15-17-3-4-17)26-10-8-25(9-11-26)14-18-2-1-7-23-13-18/h1-2,5-7,12-13,16-17H,3-4,8-11,14-15H2. The van der Waals surface area contributed by atoms with Gasteiger partial charge in [-0.1, -0.05) is 6.07 Å². The quantitative estimate of drug-likeness (QED) is 0.686. The predicted octanol–water partition coefficient (Wildman–Crippen LogP) is 2.52. The Morgan fingerprint density at radius 3 is 2.68 bits per heavy atom. The van der Waals surface area contributed by atoms with Gasteiger partial charge < -0.3 is 4.90 Å². The summed E-state index contributed by atoms with van der Waals surface area (Å²) in [5, 5.41) is 0.724. The maximum absolute atomic E-state index is 12.7. The van der Waals surface area contributed by atoms with Crippen molar-refractivity contribution < 1.29 is 0 Å². The van der Waals surface area contributed by atoms with Gasteiger partial charge in [-0.05, 0) is 48.6 Å². The molecule has 2 fully saturated rings. The lowest BCUT2D eigenvalue weighted by molar-refractivity contribution is 0.249. The molecular weight excluding hydrogens is 350 g/mol. The van der Waals surface area contributed by atoms with Crippen molar-refractivity contribution in [1.82, 2.24) is 19.4 Å². The first kappa shape index (κ1) is 17.4. The number of pyridine rings is 1. The predicted molar refractivity (Wildman–Crippen MR) is 110 cm³/mol. The van der Waals surface area contributed by atoms with Crippen LogP contribution in [0.4, 0.5) is 5.69 Å². The van der Waals surface area contributed by atoms with Gasteiger partial charge in [0, 0.05) is 57.3 Å². The number of aromatic nitrogens is 3. The summed E-state index contributed by atoms with van der Waals surface area (Å²) in [4.78, 5) is 26.3. The molecule has 2 aromatic heterocycles. The molecule has 0 bridgehead atoms. The molecule has 6 heteroatoms.